The van der Waals surface area contributed by atoms with Crippen molar-refractivity contribution >= 4 is 33.0 Å². The molecule has 174 valence electrons. The number of nitrogens with zero attached hydrogens (tertiary/aromatic N) is 3. The van der Waals surface area contributed by atoms with Crippen molar-refractivity contribution in [2.75, 3.05) is 24.5 Å². The van der Waals surface area contributed by atoms with Gasteiger partial charge in [0.15, 0.2) is 5.78 Å². The lowest BCUT2D eigenvalue weighted by molar-refractivity contribution is 0.0998. The van der Waals surface area contributed by atoms with Gasteiger partial charge in [0.05, 0.1) is 18.0 Å². The minimum absolute atomic E-state index is 0.114. The van der Waals surface area contributed by atoms with Crippen molar-refractivity contribution in [3.05, 3.63) is 76.1 Å². The van der Waals surface area contributed by atoms with E-state index in [-0.39, 0.29) is 17.2 Å². The summed E-state index contributed by atoms with van der Waals surface area (Å²) in [6.45, 7) is 3.72. The molecule has 0 bridgehead atoms. The van der Waals surface area contributed by atoms with Crippen LogP contribution in [0.15, 0.2) is 65.0 Å². The summed E-state index contributed by atoms with van der Waals surface area (Å²) in [6, 6.07) is 14.3. The summed E-state index contributed by atoms with van der Waals surface area (Å²) in [5.41, 5.74) is 1.38. The molecule has 6 nitrogen and oxygen atoms in total. The van der Waals surface area contributed by atoms with Crippen molar-refractivity contribution < 1.29 is 13.2 Å². The van der Waals surface area contributed by atoms with Gasteiger partial charge >= 0.3 is 0 Å². The zero-order chi connectivity index (χ0) is 23.3. The molecule has 0 radical (unpaired) electrons. The zero-order valence-corrected chi connectivity index (χ0v) is 20.4. The number of rotatable bonds is 8. The van der Waals surface area contributed by atoms with Crippen LogP contribution in [-0.4, -0.2) is 43.1 Å². The molecule has 0 atom stereocenters. The number of ketones is 1. The third-order valence-corrected chi connectivity index (χ3v) is 8.66. The van der Waals surface area contributed by atoms with E-state index in [9.17, 15) is 13.2 Å². The molecule has 0 spiro atoms. The Labute approximate surface area is 199 Å². The van der Waals surface area contributed by atoms with Crippen molar-refractivity contribution in [1.29, 1.82) is 0 Å². The van der Waals surface area contributed by atoms with Crippen LogP contribution in [0, 0.1) is 6.92 Å². The second-order valence-electron chi connectivity index (χ2n) is 8.35. The Hall–Kier alpha value is -2.55. The van der Waals surface area contributed by atoms with Crippen LogP contribution in [0.3, 0.4) is 0 Å². The van der Waals surface area contributed by atoms with Crippen LogP contribution in [0.1, 0.15) is 46.5 Å². The first kappa shape index (κ1) is 23.6. The molecule has 0 aliphatic carbocycles. The predicted molar refractivity (Wildman–Crippen MR) is 132 cm³/mol. The van der Waals surface area contributed by atoms with Crippen LogP contribution in [0.5, 0.6) is 0 Å². The Morgan fingerprint density at radius 3 is 2.55 bits per heavy atom. The summed E-state index contributed by atoms with van der Waals surface area (Å²) in [4.78, 5) is 21.1. The summed E-state index contributed by atoms with van der Waals surface area (Å²) in [5, 5.41) is 2.01. The molecule has 2 aromatic heterocycles. The number of pyridine rings is 1. The number of carbonyl (C=O) groups excluding carboxylic acids is 1. The largest absolute Gasteiger partial charge is 0.344 e. The lowest BCUT2D eigenvalue weighted by atomic mass is 10.1. The Bertz CT molecular complexity index is 1190. The minimum Gasteiger partial charge on any atom is -0.344 e. The Balaban J connectivity index is 1.58. The van der Waals surface area contributed by atoms with E-state index in [4.69, 9.17) is 0 Å². The molecule has 4 rings (SSSR count). The lowest BCUT2D eigenvalue weighted by Gasteiger charge is -2.24. The first-order valence-electron chi connectivity index (χ1n) is 11.3. The summed E-state index contributed by atoms with van der Waals surface area (Å²) in [7, 11) is -3.61. The van der Waals surface area contributed by atoms with Gasteiger partial charge in [-0.15, -0.1) is 11.3 Å². The maximum atomic E-state index is 13.3. The number of thiophene rings is 1. The lowest BCUT2D eigenvalue weighted by Crippen LogP contribution is -2.32. The van der Waals surface area contributed by atoms with Crippen LogP contribution in [-0.2, 0) is 16.6 Å². The summed E-state index contributed by atoms with van der Waals surface area (Å²) in [5.74, 6) is 0.622. The highest BCUT2D eigenvalue weighted by Gasteiger charge is 2.26. The van der Waals surface area contributed by atoms with Gasteiger partial charge in [0.1, 0.15) is 5.82 Å². The number of hydrogen-bond acceptors (Lipinski definition) is 6. The molecule has 0 unspecified atom stereocenters. The van der Waals surface area contributed by atoms with E-state index < -0.39 is 10.0 Å². The van der Waals surface area contributed by atoms with Gasteiger partial charge in [-0.25, -0.2) is 13.4 Å². The maximum absolute atomic E-state index is 13.3. The first-order valence-corrected chi connectivity index (χ1v) is 13.6. The Morgan fingerprint density at radius 1 is 1.06 bits per heavy atom. The molecule has 1 aliphatic rings. The SMILES string of the molecule is Cc1cccnc1N(CC(=O)c1cccc(S(=O)(=O)N2CCCCCC2)c1)Cc1cccs1. The molecule has 3 heterocycles. The van der Waals surface area contributed by atoms with Crippen molar-refractivity contribution in [1.82, 2.24) is 9.29 Å². The van der Waals surface area contributed by atoms with Crippen molar-refractivity contribution in [3.63, 3.8) is 0 Å². The van der Waals surface area contributed by atoms with E-state index in [0.29, 0.717) is 25.2 Å². The Morgan fingerprint density at radius 2 is 1.85 bits per heavy atom. The fraction of sp³-hybridized carbons (Fsp3) is 0.360. The quantitative estimate of drug-likeness (QED) is 0.426. The fourth-order valence-electron chi connectivity index (χ4n) is 4.13. The Kier molecular flexibility index (Phi) is 7.57. The van der Waals surface area contributed by atoms with E-state index >= 15 is 0 Å². The van der Waals surface area contributed by atoms with Crippen LogP contribution >= 0.6 is 11.3 Å². The highest BCUT2D eigenvalue weighted by Crippen LogP contribution is 2.24. The summed E-state index contributed by atoms with van der Waals surface area (Å²) < 4.78 is 28.0. The third kappa shape index (κ3) is 5.69. The topological polar surface area (TPSA) is 70.6 Å². The number of aryl methyl sites for hydroxylation is 1. The van der Waals surface area contributed by atoms with Gasteiger partial charge in [-0.1, -0.05) is 37.1 Å². The molecule has 1 saturated heterocycles. The third-order valence-electron chi connectivity index (χ3n) is 5.90. The number of hydrogen-bond donors (Lipinski definition) is 0. The maximum Gasteiger partial charge on any atom is 0.243 e. The molecule has 0 amide bonds. The molecule has 1 aromatic carbocycles. The average Bonchev–Trinajstić information content (AvgIpc) is 3.17. The zero-order valence-electron chi connectivity index (χ0n) is 18.8. The van der Waals surface area contributed by atoms with Crippen LogP contribution in [0.4, 0.5) is 5.82 Å². The van der Waals surface area contributed by atoms with Gasteiger partial charge < -0.3 is 4.90 Å². The molecule has 1 fully saturated rings. The van der Waals surface area contributed by atoms with E-state index in [0.717, 1.165) is 41.9 Å². The minimum atomic E-state index is -3.61. The number of aromatic nitrogens is 1. The van der Waals surface area contributed by atoms with Crippen LogP contribution in [0.25, 0.3) is 0 Å². The standard InChI is InChI=1S/C25H29N3O3S2/c1-20-9-7-13-26-25(20)27(18-22-11-8-16-32-22)19-24(29)21-10-6-12-23(17-21)33(30,31)28-14-4-2-3-5-15-28/h6-13,16-17H,2-5,14-15,18-19H2,1H3. The summed E-state index contributed by atoms with van der Waals surface area (Å²) in [6.07, 6.45) is 5.58. The highest BCUT2D eigenvalue weighted by molar-refractivity contribution is 7.89. The molecule has 33 heavy (non-hydrogen) atoms. The van der Waals surface area contributed by atoms with Crippen LogP contribution < -0.4 is 4.90 Å². The fourth-order valence-corrected chi connectivity index (χ4v) is 6.41. The molecular weight excluding hydrogens is 454 g/mol. The molecule has 8 heteroatoms. The second-order valence-corrected chi connectivity index (χ2v) is 11.3. The van der Waals surface area contributed by atoms with E-state index in [1.807, 2.05) is 41.5 Å². The highest BCUT2D eigenvalue weighted by atomic mass is 32.2. The molecule has 0 saturated carbocycles. The van der Waals surface area contributed by atoms with E-state index in [1.165, 1.54) is 6.07 Å². The smallest absolute Gasteiger partial charge is 0.243 e. The normalized spacial score (nSPS) is 15.2. The predicted octanol–water partition coefficient (Wildman–Crippen LogP) is 4.91. The summed E-state index contributed by atoms with van der Waals surface area (Å²) >= 11 is 1.63. The second kappa shape index (κ2) is 10.6. The number of carbonyl (C=O) groups is 1. The monoisotopic (exact) mass is 483 g/mol. The van der Waals surface area contributed by atoms with Gasteiger partial charge in [-0.3, -0.25) is 4.79 Å². The van der Waals surface area contributed by atoms with E-state index in [1.54, 1.807) is 40.0 Å². The van der Waals surface area contributed by atoms with Crippen LogP contribution in [0.2, 0.25) is 0 Å². The van der Waals surface area contributed by atoms with Gasteiger partial charge in [0.2, 0.25) is 10.0 Å². The van der Waals surface area contributed by atoms with Gasteiger partial charge in [-0.05, 0) is 55.0 Å². The van der Waals surface area contributed by atoms with Crippen molar-refractivity contribution in [2.24, 2.45) is 0 Å². The van der Waals surface area contributed by atoms with Crippen molar-refractivity contribution in [3.8, 4) is 0 Å². The van der Waals surface area contributed by atoms with E-state index in [2.05, 4.69) is 4.98 Å². The van der Waals surface area contributed by atoms with Gasteiger partial charge in [-0.2, -0.15) is 4.31 Å². The first-order chi connectivity index (χ1) is 15.9. The molecule has 1 aliphatic heterocycles. The average molecular weight is 484 g/mol. The molecule has 0 N–H and O–H groups in total. The molecule has 3 aromatic rings. The number of Topliss-reactive ketones (excluding diaryl/α,β-unsaturated/α-hetero) is 1. The number of sulfonamides is 1. The van der Waals surface area contributed by atoms with Crippen molar-refractivity contribution in [2.45, 2.75) is 44.0 Å². The van der Waals surface area contributed by atoms with Gasteiger partial charge in [0.25, 0.3) is 0 Å². The number of anilines is 1. The molecular formula is C25H29N3O3S2. The van der Waals surface area contributed by atoms with Gasteiger partial charge in [0, 0.05) is 29.7 Å². The number of benzene rings is 1.